The van der Waals surface area contributed by atoms with Crippen molar-refractivity contribution in [3.8, 4) is 5.75 Å². The van der Waals surface area contributed by atoms with Gasteiger partial charge in [0.2, 0.25) is 0 Å². The fraction of sp³-hybridized carbons (Fsp3) is 0.423. The van der Waals surface area contributed by atoms with Crippen LogP contribution in [0, 0.1) is 0 Å². The van der Waals surface area contributed by atoms with Crippen LogP contribution in [0.5, 0.6) is 5.75 Å². The second kappa shape index (κ2) is 10.8. The fourth-order valence-corrected chi connectivity index (χ4v) is 4.07. The molecule has 0 N–H and O–H groups in total. The van der Waals surface area contributed by atoms with Gasteiger partial charge >= 0.3 is 5.97 Å². The first-order valence-electron chi connectivity index (χ1n) is 10.9. The maximum atomic E-state index is 11.6. The maximum absolute atomic E-state index is 11.6. The molecule has 0 amide bonds. The summed E-state index contributed by atoms with van der Waals surface area (Å²) in [5, 5.41) is 0. The van der Waals surface area contributed by atoms with Gasteiger partial charge in [-0.3, -0.25) is 4.79 Å². The third kappa shape index (κ3) is 5.50. The predicted octanol–water partition coefficient (Wildman–Crippen LogP) is 6.69. The molecule has 1 heterocycles. The molecule has 1 aliphatic rings. The molecular weight excluding hydrogens is 360 g/mol. The third-order valence-corrected chi connectivity index (χ3v) is 5.40. The van der Waals surface area contributed by atoms with E-state index in [4.69, 9.17) is 9.47 Å². The Kier molecular flexibility index (Phi) is 7.92. The van der Waals surface area contributed by atoms with E-state index in [2.05, 4.69) is 49.4 Å². The SMILES string of the molecule is CCC/C(CCCCCC(=O)OCC)=C1\c2ccccc2COc2ccccc21. The lowest BCUT2D eigenvalue weighted by Crippen LogP contribution is -2.03. The maximum Gasteiger partial charge on any atom is 0.305 e. The zero-order valence-corrected chi connectivity index (χ0v) is 17.7. The van der Waals surface area contributed by atoms with Crippen molar-refractivity contribution in [1.29, 1.82) is 0 Å². The largest absolute Gasteiger partial charge is 0.488 e. The van der Waals surface area contributed by atoms with Crippen LogP contribution in [-0.4, -0.2) is 12.6 Å². The first-order valence-corrected chi connectivity index (χ1v) is 10.9. The van der Waals surface area contributed by atoms with E-state index in [0.29, 0.717) is 19.6 Å². The molecule has 0 aliphatic carbocycles. The Hall–Kier alpha value is -2.55. The van der Waals surface area contributed by atoms with Gasteiger partial charge in [-0.15, -0.1) is 0 Å². The number of hydrogen-bond donors (Lipinski definition) is 0. The van der Waals surface area contributed by atoms with Gasteiger partial charge in [0.25, 0.3) is 0 Å². The number of benzene rings is 2. The molecule has 0 fully saturated rings. The zero-order chi connectivity index (χ0) is 20.5. The average molecular weight is 393 g/mol. The minimum absolute atomic E-state index is 0.0802. The smallest absolute Gasteiger partial charge is 0.305 e. The minimum atomic E-state index is -0.0802. The molecule has 0 spiro atoms. The average Bonchev–Trinajstić information content (AvgIpc) is 2.90. The van der Waals surface area contributed by atoms with Crippen LogP contribution < -0.4 is 4.74 Å². The number of hydrogen-bond acceptors (Lipinski definition) is 3. The van der Waals surface area contributed by atoms with E-state index in [-0.39, 0.29) is 5.97 Å². The van der Waals surface area contributed by atoms with Gasteiger partial charge in [0.05, 0.1) is 6.61 Å². The second-order valence-electron chi connectivity index (χ2n) is 7.54. The van der Waals surface area contributed by atoms with Crippen LogP contribution in [-0.2, 0) is 16.1 Å². The summed E-state index contributed by atoms with van der Waals surface area (Å²) >= 11 is 0. The van der Waals surface area contributed by atoms with Gasteiger partial charge in [-0.1, -0.05) is 67.8 Å². The summed E-state index contributed by atoms with van der Waals surface area (Å²) in [6.45, 7) is 5.17. The zero-order valence-electron chi connectivity index (χ0n) is 17.7. The molecule has 2 aromatic rings. The Bertz CT molecular complexity index is 801. The molecule has 0 atom stereocenters. The van der Waals surface area contributed by atoms with Crippen LogP contribution in [0.15, 0.2) is 54.1 Å². The number of carbonyl (C=O) groups excluding carboxylic acids is 1. The molecule has 0 radical (unpaired) electrons. The Morgan fingerprint density at radius 3 is 2.41 bits per heavy atom. The quantitative estimate of drug-likeness (QED) is 0.352. The lowest BCUT2D eigenvalue weighted by Gasteiger charge is -2.17. The van der Waals surface area contributed by atoms with Crippen LogP contribution in [0.25, 0.3) is 5.57 Å². The molecule has 0 saturated carbocycles. The van der Waals surface area contributed by atoms with Gasteiger partial charge in [-0.25, -0.2) is 0 Å². The van der Waals surface area contributed by atoms with Crippen molar-refractivity contribution in [2.24, 2.45) is 0 Å². The highest BCUT2D eigenvalue weighted by Gasteiger charge is 2.21. The van der Waals surface area contributed by atoms with E-state index < -0.39 is 0 Å². The highest BCUT2D eigenvalue weighted by molar-refractivity contribution is 5.86. The van der Waals surface area contributed by atoms with Crippen molar-refractivity contribution < 1.29 is 14.3 Å². The normalized spacial score (nSPS) is 14.3. The minimum Gasteiger partial charge on any atom is -0.488 e. The van der Waals surface area contributed by atoms with Crippen molar-refractivity contribution in [2.75, 3.05) is 6.61 Å². The van der Waals surface area contributed by atoms with Crippen molar-refractivity contribution in [3.05, 3.63) is 70.8 Å². The Balaban J connectivity index is 1.85. The monoisotopic (exact) mass is 392 g/mol. The number of allylic oxidation sites excluding steroid dienone is 1. The van der Waals surface area contributed by atoms with Crippen LogP contribution in [0.3, 0.4) is 0 Å². The number of carbonyl (C=O) groups is 1. The van der Waals surface area contributed by atoms with Crippen LogP contribution in [0.2, 0.25) is 0 Å². The summed E-state index contributed by atoms with van der Waals surface area (Å²) in [4.78, 5) is 11.6. The third-order valence-electron chi connectivity index (χ3n) is 5.40. The van der Waals surface area contributed by atoms with Crippen molar-refractivity contribution in [1.82, 2.24) is 0 Å². The highest BCUT2D eigenvalue weighted by Crippen LogP contribution is 2.40. The standard InChI is InChI=1S/C26H32O3/c1-3-12-20(13-6-5-7-18-25(27)28-4-2)26-22-15-9-8-14-21(22)19-29-24-17-11-10-16-23(24)26/h8-11,14-17H,3-7,12-13,18-19H2,1-2H3/b26-20-. The van der Waals surface area contributed by atoms with Crippen LogP contribution in [0.1, 0.15) is 75.5 Å². The van der Waals surface area contributed by atoms with Gasteiger partial charge in [0, 0.05) is 12.0 Å². The molecule has 0 unspecified atom stereocenters. The topological polar surface area (TPSA) is 35.5 Å². The van der Waals surface area contributed by atoms with Crippen molar-refractivity contribution in [2.45, 2.75) is 65.4 Å². The summed E-state index contributed by atoms with van der Waals surface area (Å²) in [6, 6.07) is 17.0. The fourth-order valence-electron chi connectivity index (χ4n) is 4.07. The molecule has 0 bridgehead atoms. The van der Waals surface area contributed by atoms with Crippen molar-refractivity contribution in [3.63, 3.8) is 0 Å². The van der Waals surface area contributed by atoms with E-state index in [9.17, 15) is 4.79 Å². The Morgan fingerprint density at radius 2 is 1.62 bits per heavy atom. The first-order chi connectivity index (χ1) is 14.2. The Labute approximate surface area is 174 Å². The molecule has 3 nitrogen and oxygen atoms in total. The predicted molar refractivity (Wildman–Crippen MR) is 118 cm³/mol. The molecular formula is C26H32O3. The lowest BCUT2D eigenvalue weighted by molar-refractivity contribution is -0.143. The van der Waals surface area contributed by atoms with E-state index in [1.54, 1.807) is 0 Å². The molecule has 0 aromatic heterocycles. The van der Waals surface area contributed by atoms with Gasteiger partial charge in [-0.2, -0.15) is 0 Å². The van der Waals surface area contributed by atoms with Gasteiger partial charge in [0.1, 0.15) is 12.4 Å². The summed E-state index contributed by atoms with van der Waals surface area (Å²) < 4.78 is 11.2. The Morgan fingerprint density at radius 1 is 0.897 bits per heavy atom. The number of fused-ring (bicyclic) bond motifs is 2. The summed E-state index contributed by atoms with van der Waals surface area (Å²) in [5.74, 6) is 0.887. The molecule has 3 heteroatoms. The van der Waals surface area contributed by atoms with E-state index in [0.717, 1.165) is 44.3 Å². The lowest BCUT2D eigenvalue weighted by atomic mass is 9.86. The molecule has 1 aliphatic heterocycles. The molecule has 0 saturated heterocycles. The van der Waals surface area contributed by atoms with Crippen LogP contribution in [0.4, 0.5) is 0 Å². The molecule has 3 rings (SSSR count). The number of para-hydroxylation sites is 1. The molecule has 2 aromatic carbocycles. The second-order valence-corrected chi connectivity index (χ2v) is 7.54. The van der Waals surface area contributed by atoms with E-state index in [1.807, 2.05) is 13.0 Å². The molecule has 154 valence electrons. The summed E-state index contributed by atoms with van der Waals surface area (Å²) in [6.07, 6.45) is 6.79. The van der Waals surface area contributed by atoms with E-state index >= 15 is 0 Å². The molecule has 29 heavy (non-hydrogen) atoms. The van der Waals surface area contributed by atoms with Gasteiger partial charge in [-0.05, 0) is 55.4 Å². The van der Waals surface area contributed by atoms with Gasteiger partial charge in [0.15, 0.2) is 0 Å². The van der Waals surface area contributed by atoms with E-state index in [1.165, 1.54) is 27.8 Å². The highest BCUT2D eigenvalue weighted by atomic mass is 16.5. The first kappa shape index (κ1) is 21.2. The number of ether oxygens (including phenoxy) is 2. The number of rotatable bonds is 9. The number of esters is 1. The van der Waals surface area contributed by atoms with Crippen LogP contribution >= 0.6 is 0 Å². The van der Waals surface area contributed by atoms with Crippen molar-refractivity contribution >= 4 is 11.5 Å². The number of unbranched alkanes of at least 4 members (excludes halogenated alkanes) is 2. The summed E-state index contributed by atoms with van der Waals surface area (Å²) in [5.41, 5.74) is 6.59. The van der Waals surface area contributed by atoms with Gasteiger partial charge < -0.3 is 9.47 Å². The summed E-state index contributed by atoms with van der Waals surface area (Å²) in [7, 11) is 0.